The molecule has 0 saturated carbocycles. The molecule has 0 saturated heterocycles. The fraction of sp³-hybridized carbons (Fsp3) is 0.273. The van der Waals surface area contributed by atoms with Crippen LogP contribution in [0.5, 0.6) is 0 Å². The molecule has 3 N–H and O–H groups in total. The number of benzene rings is 1. The molecule has 0 radical (unpaired) electrons. The highest BCUT2D eigenvalue weighted by Crippen LogP contribution is 2.02. The van der Waals surface area contributed by atoms with E-state index in [0.717, 1.165) is 5.56 Å². The second-order valence-electron chi connectivity index (χ2n) is 3.12. The van der Waals surface area contributed by atoms with Crippen molar-refractivity contribution in [3.8, 4) is 6.07 Å². The van der Waals surface area contributed by atoms with Crippen LogP contribution in [0.2, 0.25) is 0 Å². The van der Waals surface area contributed by atoms with Crippen LogP contribution in [-0.4, -0.2) is 12.5 Å². The van der Waals surface area contributed by atoms with E-state index in [4.69, 9.17) is 11.0 Å². The van der Waals surface area contributed by atoms with Gasteiger partial charge in [0.2, 0.25) is 5.91 Å². The summed E-state index contributed by atoms with van der Waals surface area (Å²) in [6.07, 6.45) is 0.344. The van der Waals surface area contributed by atoms with Crippen LogP contribution in [0.25, 0.3) is 0 Å². The summed E-state index contributed by atoms with van der Waals surface area (Å²) in [4.78, 5) is 11.1. The SMILES string of the molecule is N#Cc1ccc(CNC(=O)CCN)cc1. The van der Waals surface area contributed by atoms with Gasteiger partial charge in [-0.15, -0.1) is 0 Å². The average Bonchev–Trinajstić information content (AvgIpc) is 2.27. The van der Waals surface area contributed by atoms with E-state index in [2.05, 4.69) is 5.32 Å². The van der Waals surface area contributed by atoms with E-state index in [9.17, 15) is 4.79 Å². The lowest BCUT2D eigenvalue weighted by Gasteiger charge is -2.03. The number of rotatable bonds is 4. The highest BCUT2D eigenvalue weighted by molar-refractivity contribution is 5.76. The molecule has 0 bridgehead atoms. The van der Waals surface area contributed by atoms with Gasteiger partial charge in [-0.25, -0.2) is 0 Å². The quantitative estimate of drug-likeness (QED) is 0.748. The lowest BCUT2D eigenvalue weighted by atomic mass is 10.1. The van der Waals surface area contributed by atoms with Crippen molar-refractivity contribution in [3.63, 3.8) is 0 Å². The van der Waals surface area contributed by atoms with Crippen molar-refractivity contribution in [2.24, 2.45) is 5.73 Å². The van der Waals surface area contributed by atoms with E-state index in [1.807, 2.05) is 18.2 Å². The number of amides is 1. The van der Waals surface area contributed by atoms with Crippen LogP contribution in [0.4, 0.5) is 0 Å². The van der Waals surface area contributed by atoms with Crippen LogP contribution in [0.1, 0.15) is 17.5 Å². The molecule has 1 aromatic carbocycles. The fourth-order valence-corrected chi connectivity index (χ4v) is 1.12. The number of hydrogen-bond acceptors (Lipinski definition) is 3. The molecule has 4 nitrogen and oxygen atoms in total. The van der Waals surface area contributed by atoms with Crippen molar-refractivity contribution in [2.75, 3.05) is 6.54 Å². The van der Waals surface area contributed by atoms with Crippen LogP contribution in [-0.2, 0) is 11.3 Å². The molecule has 15 heavy (non-hydrogen) atoms. The van der Waals surface area contributed by atoms with E-state index in [-0.39, 0.29) is 5.91 Å². The lowest BCUT2D eigenvalue weighted by molar-refractivity contribution is -0.121. The Kier molecular flexibility index (Phi) is 4.32. The minimum atomic E-state index is -0.0538. The van der Waals surface area contributed by atoms with Gasteiger partial charge in [-0.1, -0.05) is 12.1 Å². The fourth-order valence-electron chi connectivity index (χ4n) is 1.12. The largest absolute Gasteiger partial charge is 0.352 e. The highest BCUT2D eigenvalue weighted by atomic mass is 16.1. The summed E-state index contributed by atoms with van der Waals surface area (Å²) in [5.41, 5.74) is 6.83. The number of nitriles is 1. The molecular weight excluding hydrogens is 190 g/mol. The zero-order valence-corrected chi connectivity index (χ0v) is 8.36. The van der Waals surface area contributed by atoms with Gasteiger partial charge in [-0.3, -0.25) is 4.79 Å². The summed E-state index contributed by atoms with van der Waals surface area (Å²) in [7, 11) is 0. The number of nitrogens with zero attached hydrogens (tertiary/aromatic N) is 1. The van der Waals surface area contributed by atoms with Gasteiger partial charge in [-0.2, -0.15) is 5.26 Å². The Hall–Kier alpha value is -1.86. The van der Waals surface area contributed by atoms with E-state index in [1.54, 1.807) is 12.1 Å². The van der Waals surface area contributed by atoms with Crippen LogP contribution >= 0.6 is 0 Å². The highest BCUT2D eigenvalue weighted by Gasteiger charge is 1.99. The summed E-state index contributed by atoms with van der Waals surface area (Å²) in [6, 6.07) is 9.13. The van der Waals surface area contributed by atoms with E-state index in [0.29, 0.717) is 25.1 Å². The van der Waals surface area contributed by atoms with Gasteiger partial charge in [0.25, 0.3) is 0 Å². The molecule has 0 aliphatic heterocycles. The molecule has 0 heterocycles. The smallest absolute Gasteiger partial charge is 0.221 e. The van der Waals surface area contributed by atoms with Crippen molar-refractivity contribution >= 4 is 5.91 Å². The molecule has 0 spiro atoms. The summed E-state index contributed by atoms with van der Waals surface area (Å²) in [5, 5.41) is 11.3. The van der Waals surface area contributed by atoms with Gasteiger partial charge in [0.1, 0.15) is 0 Å². The minimum absolute atomic E-state index is 0.0538. The summed E-state index contributed by atoms with van der Waals surface area (Å²) in [6.45, 7) is 0.837. The minimum Gasteiger partial charge on any atom is -0.352 e. The van der Waals surface area contributed by atoms with Crippen molar-refractivity contribution < 1.29 is 4.79 Å². The standard InChI is InChI=1S/C11H13N3O/c12-6-5-11(15)14-8-10-3-1-9(7-13)2-4-10/h1-4H,5-6,8,12H2,(H,14,15). The number of carbonyl (C=O) groups is 1. The second-order valence-corrected chi connectivity index (χ2v) is 3.12. The first kappa shape index (κ1) is 11.2. The predicted molar refractivity (Wildman–Crippen MR) is 56.7 cm³/mol. The van der Waals surface area contributed by atoms with E-state index >= 15 is 0 Å². The summed E-state index contributed by atoms with van der Waals surface area (Å²) >= 11 is 0. The van der Waals surface area contributed by atoms with Gasteiger partial charge in [0.05, 0.1) is 11.6 Å². The third kappa shape index (κ3) is 3.79. The van der Waals surface area contributed by atoms with Gasteiger partial charge in [0, 0.05) is 19.5 Å². The monoisotopic (exact) mass is 203 g/mol. The first-order chi connectivity index (χ1) is 7.26. The van der Waals surface area contributed by atoms with E-state index < -0.39 is 0 Å². The average molecular weight is 203 g/mol. The molecule has 0 fully saturated rings. The van der Waals surface area contributed by atoms with Crippen molar-refractivity contribution in [3.05, 3.63) is 35.4 Å². The molecular formula is C11H13N3O. The Labute approximate surface area is 88.7 Å². The molecule has 4 heteroatoms. The van der Waals surface area contributed by atoms with Gasteiger partial charge < -0.3 is 11.1 Å². The van der Waals surface area contributed by atoms with Gasteiger partial charge >= 0.3 is 0 Å². The predicted octanol–water partition coefficient (Wildman–Crippen LogP) is 0.523. The molecule has 0 aliphatic carbocycles. The molecule has 1 amide bonds. The van der Waals surface area contributed by atoms with Crippen LogP contribution < -0.4 is 11.1 Å². The first-order valence-electron chi connectivity index (χ1n) is 4.72. The molecule has 1 aromatic rings. The molecule has 1 rings (SSSR count). The molecule has 0 aromatic heterocycles. The third-order valence-corrected chi connectivity index (χ3v) is 1.94. The maximum atomic E-state index is 11.1. The maximum absolute atomic E-state index is 11.1. The molecule has 78 valence electrons. The lowest BCUT2D eigenvalue weighted by Crippen LogP contribution is -2.24. The van der Waals surface area contributed by atoms with Crippen LogP contribution in [0.15, 0.2) is 24.3 Å². The Morgan fingerprint density at radius 3 is 2.60 bits per heavy atom. The summed E-state index contributed by atoms with van der Waals surface area (Å²) in [5.74, 6) is -0.0538. The van der Waals surface area contributed by atoms with Crippen LogP contribution in [0.3, 0.4) is 0 Å². The normalized spacial score (nSPS) is 9.33. The second kappa shape index (κ2) is 5.78. The number of nitrogens with one attached hydrogen (secondary N) is 1. The molecule has 0 unspecified atom stereocenters. The number of carbonyl (C=O) groups excluding carboxylic acids is 1. The van der Waals surface area contributed by atoms with E-state index in [1.165, 1.54) is 0 Å². The number of hydrogen-bond donors (Lipinski definition) is 2. The first-order valence-corrected chi connectivity index (χ1v) is 4.72. The van der Waals surface area contributed by atoms with Gasteiger partial charge in [0.15, 0.2) is 0 Å². The Morgan fingerprint density at radius 1 is 1.40 bits per heavy atom. The van der Waals surface area contributed by atoms with Crippen molar-refractivity contribution in [1.29, 1.82) is 5.26 Å². The zero-order valence-electron chi connectivity index (χ0n) is 8.36. The van der Waals surface area contributed by atoms with Gasteiger partial charge in [-0.05, 0) is 17.7 Å². The summed E-state index contributed by atoms with van der Waals surface area (Å²) < 4.78 is 0. The van der Waals surface area contributed by atoms with Crippen LogP contribution in [0, 0.1) is 11.3 Å². The van der Waals surface area contributed by atoms with Crippen molar-refractivity contribution in [1.82, 2.24) is 5.32 Å². The number of nitrogens with two attached hydrogens (primary N) is 1. The van der Waals surface area contributed by atoms with Crippen molar-refractivity contribution in [2.45, 2.75) is 13.0 Å². The zero-order chi connectivity index (χ0) is 11.1. The Bertz CT molecular complexity index is 364. The Balaban J connectivity index is 2.45. The Morgan fingerprint density at radius 2 is 2.07 bits per heavy atom. The maximum Gasteiger partial charge on any atom is 0.221 e. The molecule has 0 aliphatic rings. The third-order valence-electron chi connectivity index (χ3n) is 1.94. The molecule has 0 atom stereocenters. The topological polar surface area (TPSA) is 78.9 Å².